The third kappa shape index (κ3) is 3.87. The minimum Gasteiger partial charge on any atom is -0.396 e. The van der Waals surface area contributed by atoms with Gasteiger partial charge in [-0.05, 0) is 19.3 Å². The third-order valence-corrected chi connectivity index (χ3v) is 5.54. The second kappa shape index (κ2) is 6.46. The molecule has 0 saturated heterocycles. The van der Waals surface area contributed by atoms with Crippen LogP contribution in [0.2, 0.25) is 0 Å². The summed E-state index contributed by atoms with van der Waals surface area (Å²) in [6.45, 7) is 6.27. The van der Waals surface area contributed by atoms with Gasteiger partial charge in [-0.1, -0.05) is 20.3 Å². The summed E-state index contributed by atoms with van der Waals surface area (Å²) in [7, 11) is -3.46. The van der Waals surface area contributed by atoms with Gasteiger partial charge in [-0.25, -0.2) is 8.42 Å². The predicted molar refractivity (Wildman–Crippen MR) is 83.7 cm³/mol. The van der Waals surface area contributed by atoms with E-state index in [-0.39, 0.29) is 21.5 Å². The van der Waals surface area contributed by atoms with E-state index in [0.29, 0.717) is 10.9 Å². The number of nitrogens with two attached hydrogens (primary N) is 1. The van der Waals surface area contributed by atoms with Crippen LogP contribution in [0.25, 0.3) is 0 Å². The van der Waals surface area contributed by atoms with Crippen LogP contribution in [0.3, 0.4) is 0 Å². The number of nitriles is 1. The molecular formula is C13H21N3O2S2. The van der Waals surface area contributed by atoms with Crippen LogP contribution in [0.1, 0.15) is 38.5 Å². The van der Waals surface area contributed by atoms with Crippen LogP contribution in [0.15, 0.2) is 4.90 Å². The maximum Gasteiger partial charge on any atom is 0.180 e. The number of thiophene rings is 1. The third-order valence-electron chi connectivity index (χ3n) is 3.20. The van der Waals surface area contributed by atoms with Crippen molar-refractivity contribution in [2.45, 2.75) is 44.6 Å². The fraction of sp³-hybridized carbons (Fsp3) is 0.615. The fourth-order valence-electron chi connectivity index (χ4n) is 2.03. The van der Waals surface area contributed by atoms with Crippen molar-refractivity contribution in [1.82, 2.24) is 0 Å². The summed E-state index contributed by atoms with van der Waals surface area (Å²) in [5.74, 6) is 0.548. The van der Waals surface area contributed by atoms with Crippen molar-refractivity contribution >= 4 is 31.9 Å². The second-order valence-electron chi connectivity index (χ2n) is 5.18. The van der Waals surface area contributed by atoms with Gasteiger partial charge in [-0.2, -0.15) is 5.26 Å². The quantitative estimate of drug-likeness (QED) is 0.841. The fourth-order valence-corrected chi connectivity index (χ4v) is 4.49. The molecule has 2 atom stereocenters. The molecule has 0 fully saturated rings. The monoisotopic (exact) mass is 315 g/mol. The Morgan fingerprint density at radius 2 is 2.05 bits per heavy atom. The molecule has 0 bridgehead atoms. The van der Waals surface area contributed by atoms with Gasteiger partial charge in [0.15, 0.2) is 9.84 Å². The van der Waals surface area contributed by atoms with Crippen molar-refractivity contribution < 1.29 is 8.42 Å². The Bertz CT molecular complexity index is 614. The standard InChI is InChI=1S/C13H21N3O2S2/c1-5-8(2)6-9(3)16-13-12(20(4,17)18)11(15)10(7-14)19-13/h8-9,16H,5-6,15H2,1-4H3. The first kappa shape index (κ1) is 16.8. The Morgan fingerprint density at radius 1 is 1.45 bits per heavy atom. The highest BCUT2D eigenvalue weighted by molar-refractivity contribution is 7.91. The normalized spacial score (nSPS) is 14.6. The summed E-state index contributed by atoms with van der Waals surface area (Å²) < 4.78 is 23.7. The molecule has 1 heterocycles. The zero-order valence-electron chi connectivity index (χ0n) is 12.2. The highest BCUT2D eigenvalue weighted by Gasteiger charge is 2.25. The van der Waals surface area contributed by atoms with Gasteiger partial charge >= 0.3 is 0 Å². The summed E-state index contributed by atoms with van der Waals surface area (Å²) in [5.41, 5.74) is 5.83. The SMILES string of the molecule is CCC(C)CC(C)Nc1sc(C#N)c(N)c1S(C)(=O)=O. The van der Waals surface area contributed by atoms with E-state index in [1.54, 1.807) is 0 Å². The molecule has 0 aliphatic rings. The molecule has 1 rings (SSSR count). The smallest absolute Gasteiger partial charge is 0.180 e. The highest BCUT2D eigenvalue weighted by atomic mass is 32.2. The Hall–Kier alpha value is -1.26. The highest BCUT2D eigenvalue weighted by Crippen LogP contribution is 2.39. The lowest BCUT2D eigenvalue weighted by molar-refractivity contribution is 0.484. The van der Waals surface area contributed by atoms with Crippen LogP contribution in [0, 0.1) is 17.2 Å². The number of nitrogens with zero attached hydrogens (tertiary/aromatic N) is 1. The van der Waals surface area contributed by atoms with Crippen LogP contribution < -0.4 is 11.1 Å². The molecule has 0 saturated carbocycles. The van der Waals surface area contributed by atoms with E-state index in [2.05, 4.69) is 19.2 Å². The molecule has 1 aromatic heterocycles. The van der Waals surface area contributed by atoms with Crippen molar-refractivity contribution in [2.75, 3.05) is 17.3 Å². The number of sulfone groups is 1. The average Bonchev–Trinajstić information content (AvgIpc) is 2.64. The predicted octanol–water partition coefficient (Wildman–Crippen LogP) is 2.84. The van der Waals surface area contributed by atoms with Crippen LogP contribution >= 0.6 is 11.3 Å². The van der Waals surface area contributed by atoms with Gasteiger partial charge < -0.3 is 11.1 Å². The molecule has 2 unspecified atom stereocenters. The van der Waals surface area contributed by atoms with E-state index in [1.807, 2.05) is 13.0 Å². The number of rotatable bonds is 6. The molecule has 1 aromatic rings. The maximum absolute atomic E-state index is 11.8. The largest absolute Gasteiger partial charge is 0.396 e. The Labute approximate surface area is 124 Å². The zero-order chi connectivity index (χ0) is 15.5. The van der Waals surface area contributed by atoms with Crippen LogP contribution in [-0.4, -0.2) is 20.7 Å². The lowest BCUT2D eigenvalue weighted by Crippen LogP contribution is -2.19. The van der Waals surface area contributed by atoms with Crippen molar-refractivity contribution in [3.8, 4) is 6.07 Å². The summed E-state index contributed by atoms with van der Waals surface area (Å²) in [4.78, 5) is 0.290. The van der Waals surface area contributed by atoms with Crippen LogP contribution in [0.4, 0.5) is 10.7 Å². The van der Waals surface area contributed by atoms with Gasteiger partial charge in [0, 0.05) is 12.3 Å². The van der Waals surface area contributed by atoms with Gasteiger partial charge in [0.1, 0.15) is 20.8 Å². The lowest BCUT2D eigenvalue weighted by Gasteiger charge is -2.18. The van der Waals surface area contributed by atoms with Crippen molar-refractivity contribution in [1.29, 1.82) is 5.26 Å². The molecule has 0 aliphatic carbocycles. The summed E-state index contributed by atoms with van der Waals surface area (Å²) >= 11 is 1.10. The number of anilines is 2. The molecule has 0 radical (unpaired) electrons. The number of nitrogens with one attached hydrogen (secondary N) is 1. The maximum atomic E-state index is 11.8. The topological polar surface area (TPSA) is 96.0 Å². The summed E-state index contributed by atoms with van der Waals surface area (Å²) in [5, 5.41) is 12.7. The van der Waals surface area contributed by atoms with E-state index in [1.165, 1.54) is 0 Å². The molecule has 5 nitrogen and oxygen atoms in total. The Balaban J connectivity index is 3.10. The van der Waals surface area contributed by atoms with Crippen LogP contribution in [-0.2, 0) is 9.84 Å². The lowest BCUT2D eigenvalue weighted by atomic mass is 10.0. The molecule has 0 aliphatic heterocycles. The van der Waals surface area contributed by atoms with E-state index >= 15 is 0 Å². The van der Waals surface area contributed by atoms with Gasteiger partial charge in [0.2, 0.25) is 0 Å². The molecule has 0 aromatic carbocycles. The number of nitrogen functional groups attached to an aromatic ring is 1. The summed E-state index contributed by atoms with van der Waals surface area (Å²) in [6, 6.07) is 2.06. The van der Waals surface area contributed by atoms with Crippen molar-refractivity contribution in [3.63, 3.8) is 0 Å². The first-order valence-corrected chi connectivity index (χ1v) is 9.20. The van der Waals surface area contributed by atoms with Gasteiger partial charge in [0.05, 0.1) is 5.69 Å². The Kier molecular flexibility index (Phi) is 5.42. The van der Waals surface area contributed by atoms with Gasteiger partial charge in [-0.15, -0.1) is 11.3 Å². The van der Waals surface area contributed by atoms with E-state index in [9.17, 15) is 8.42 Å². The minimum absolute atomic E-state index is 0.0510. The number of hydrogen-bond acceptors (Lipinski definition) is 6. The van der Waals surface area contributed by atoms with Crippen molar-refractivity contribution in [2.24, 2.45) is 5.92 Å². The molecule has 0 amide bonds. The van der Waals surface area contributed by atoms with Crippen molar-refractivity contribution in [3.05, 3.63) is 4.88 Å². The molecule has 0 spiro atoms. The van der Waals surface area contributed by atoms with Gasteiger partial charge in [-0.3, -0.25) is 0 Å². The van der Waals surface area contributed by atoms with E-state index in [0.717, 1.165) is 30.4 Å². The van der Waals surface area contributed by atoms with E-state index in [4.69, 9.17) is 11.0 Å². The van der Waals surface area contributed by atoms with Gasteiger partial charge in [0.25, 0.3) is 0 Å². The zero-order valence-corrected chi connectivity index (χ0v) is 13.9. The molecule has 3 N–H and O–H groups in total. The molecular weight excluding hydrogens is 294 g/mol. The molecule has 112 valence electrons. The first-order chi connectivity index (χ1) is 9.20. The minimum atomic E-state index is -3.46. The Morgan fingerprint density at radius 3 is 2.50 bits per heavy atom. The van der Waals surface area contributed by atoms with E-state index < -0.39 is 9.84 Å². The summed E-state index contributed by atoms with van der Waals surface area (Å²) in [6.07, 6.45) is 3.11. The van der Waals surface area contributed by atoms with Crippen LogP contribution in [0.5, 0.6) is 0 Å². The average molecular weight is 315 g/mol. The molecule has 20 heavy (non-hydrogen) atoms. The molecule has 7 heteroatoms. The number of hydrogen-bond donors (Lipinski definition) is 2. The first-order valence-electron chi connectivity index (χ1n) is 6.49. The second-order valence-corrected chi connectivity index (χ2v) is 8.15.